The number of carboxylic acids is 1. The second kappa shape index (κ2) is 7.53. The number of nitrogens with zero attached hydrogens (tertiary/aromatic N) is 2. The lowest BCUT2D eigenvalue weighted by atomic mass is 9.75. The molecule has 1 heterocycles. The Morgan fingerprint density at radius 1 is 1.21 bits per heavy atom. The Morgan fingerprint density at radius 2 is 1.88 bits per heavy atom. The van der Waals surface area contributed by atoms with Gasteiger partial charge in [-0.25, -0.2) is 14.8 Å². The molecule has 1 amide bonds. The minimum absolute atomic E-state index is 0.117. The van der Waals surface area contributed by atoms with Crippen molar-refractivity contribution in [1.29, 1.82) is 0 Å². The molecule has 0 radical (unpaired) electrons. The van der Waals surface area contributed by atoms with Crippen LogP contribution in [-0.4, -0.2) is 55.2 Å². The van der Waals surface area contributed by atoms with E-state index >= 15 is 0 Å². The largest absolute Gasteiger partial charge is 0.507 e. The number of carbonyl (C=O) groups excluding carboxylic acids is 1. The third kappa shape index (κ3) is 4.06. The molecule has 2 rings (SSSR count). The van der Waals surface area contributed by atoms with Gasteiger partial charge in [-0.15, -0.1) is 0 Å². The molecule has 0 aliphatic carbocycles. The van der Waals surface area contributed by atoms with E-state index in [4.69, 9.17) is 5.11 Å². The Kier molecular flexibility index (Phi) is 5.45. The van der Waals surface area contributed by atoms with Crippen LogP contribution in [0.2, 0.25) is 0 Å². The average Bonchev–Trinajstić information content (AvgIpc) is 2.56. The van der Waals surface area contributed by atoms with Crippen molar-refractivity contribution in [3.8, 4) is 5.75 Å². The van der Waals surface area contributed by atoms with E-state index < -0.39 is 30.7 Å². The van der Waals surface area contributed by atoms with Gasteiger partial charge in [0.2, 0.25) is 0 Å². The van der Waals surface area contributed by atoms with Gasteiger partial charge in [0.1, 0.15) is 17.6 Å². The van der Waals surface area contributed by atoms with Crippen LogP contribution in [-0.2, 0) is 6.42 Å². The maximum absolute atomic E-state index is 12.0. The third-order valence-corrected chi connectivity index (χ3v) is 3.29. The summed E-state index contributed by atoms with van der Waals surface area (Å²) in [5.74, 6) is -3.62. The minimum Gasteiger partial charge on any atom is -0.507 e. The summed E-state index contributed by atoms with van der Waals surface area (Å²) in [5.41, 5.74) is -0.0502. The van der Waals surface area contributed by atoms with E-state index in [2.05, 4.69) is 15.3 Å². The van der Waals surface area contributed by atoms with E-state index in [-0.39, 0.29) is 23.1 Å². The number of aromatic nitrogens is 2. The molecule has 0 unspecified atom stereocenters. The molecule has 124 valence electrons. The molecular weight excluding hydrogens is 317 g/mol. The van der Waals surface area contributed by atoms with Crippen molar-refractivity contribution in [3.05, 3.63) is 53.6 Å². The van der Waals surface area contributed by atoms with E-state index in [1.807, 2.05) is 0 Å². The van der Waals surface area contributed by atoms with Gasteiger partial charge in [0, 0.05) is 12.4 Å². The lowest BCUT2D eigenvalue weighted by Crippen LogP contribution is -2.48. The van der Waals surface area contributed by atoms with Crippen molar-refractivity contribution >= 4 is 19.0 Å². The SMILES string of the molecule is O=C(N[C@@H](Cc1cccc(C(=O)O)c1O)B(O)O)c1cncnc1. The van der Waals surface area contributed by atoms with E-state index in [0.29, 0.717) is 0 Å². The van der Waals surface area contributed by atoms with Crippen LogP contribution in [0.4, 0.5) is 0 Å². The van der Waals surface area contributed by atoms with E-state index in [1.54, 1.807) is 0 Å². The van der Waals surface area contributed by atoms with Crippen molar-refractivity contribution in [2.75, 3.05) is 0 Å². The van der Waals surface area contributed by atoms with Gasteiger partial charge in [-0.1, -0.05) is 12.1 Å². The molecule has 0 fully saturated rings. The third-order valence-electron chi connectivity index (χ3n) is 3.29. The van der Waals surface area contributed by atoms with E-state index in [0.717, 1.165) is 0 Å². The summed E-state index contributed by atoms with van der Waals surface area (Å²) in [4.78, 5) is 30.4. The van der Waals surface area contributed by atoms with E-state index in [9.17, 15) is 24.7 Å². The quantitative estimate of drug-likeness (QED) is 0.433. The van der Waals surface area contributed by atoms with Crippen molar-refractivity contribution in [2.45, 2.75) is 12.4 Å². The second-order valence-corrected chi connectivity index (χ2v) is 4.94. The molecule has 0 spiro atoms. The maximum atomic E-state index is 12.0. The average molecular weight is 331 g/mol. The number of phenols is 1. The molecule has 24 heavy (non-hydrogen) atoms. The zero-order chi connectivity index (χ0) is 17.7. The summed E-state index contributed by atoms with van der Waals surface area (Å²) >= 11 is 0. The van der Waals surface area contributed by atoms with Crippen molar-refractivity contribution in [2.24, 2.45) is 0 Å². The number of aromatic carboxylic acids is 1. The lowest BCUT2D eigenvalue weighted by Gasteiger charge is -2.18. The fraction of sp³-hybridized carbons (Fsp3) is 0.143. The fourth-order valence-corrected chi connectivity index (χ4v) is 2.06. The Hall–Kier alpha value is -2.98. The first-order valence-electron chi connectivity index (χ1n) is 6.86. The first-order chi connectivity index (χ1) is 11.4. The predicted molar refractivity (Wildman–Crippen MR) is 82.2 cm³/mol. The maximum Gasteiger partial charge on any atom is 0.475 e. The minimum atomic E-state index is -1.92. The number of rotatable bonds is 6. The summed E-state index contributed by atoms with van der Waals surface area (Å²) < 4.78 is 0. The smallest absolute Gasteiger partial charge is 0.475 e. The molecule has 0 aliphatic heterocycles. The molecule has 0 saturated heterocycles. The van der Waals surface area contributed by atoms with E-state index in [1.165, 1.54) is 36.9 Å². The summed E-state index contributed by atoms with van der Waals surface area (Å²) in [6.07, 6.45) is 3.56. The molecule has 0 aliphatic rings. The molecular formula is C14H14BN3O6. The predicted octanol–water partition coefficient (Wildman–Crippen LogP) is -0.767. The Labute approximate surface area is 136 Å². The van der Waals surface area contributed by atoms with Crippen LogP contribution >= 0.6 is 0 Å². The van der Waals surface area contributed by atoms with Gasteiger partial charge in [0.05, 0.1) is 11.5 Å². The Balaban J connectivity index is 2.19. The highest BCUT2D eigenvalue weighted by atomic mass is 16.4. The molecule has 1 aromatic heterocycles. The topological polar surface area (TPSA) is 153 Å². The zero-order valence-corrected chi connectivity index (χ0v) is 12.3. The van der Waals surface area contributed by atoms with Gasteiger partial charge in [0.15, 0.2) is 0 Å². The van der Waals surface area contributed by atoms with Crippen molar-refractivity contribution in [3.63, 3.8) is 0 Å². The molecule has 1 aromatic carbocycles. The van der Waals surface area contributed by atoms with Gasteiger partial charge in [-0.2, -0.15) is 0 Å². The molecule has 5 N–H and O–H groups in total. The van der Waals surface area contributed by atoms with Crippen molar-refractivity contribution < 1.29 is 29.9 Å². The summed E-state index contributed by atoms with van der Waals surface area (Å²) in [6, 6.07) is 4.05. The van der Waals surface area contributed by atoms with Crippen molar-refractivity contribution in [1.82, 2.24) is 15.3 Å². The first-order valence-corrected chi connectivity index (χ1v) is 6.86. The van der Waals surface area contributed by atoms with Crippen LogP contribution in [0.3, 0.4) is 0 Å². The second-order valence-electron chi connectivity index (χ2n) is 4.94. The molecule has 2 aromatic rings. The number of aromatic hydroxyl groups is 1. The van der Waals surface area contributed by atoms with Crippen LogP contribution in [0.1, 0.15) is 26.3 Å². The fourth-order valence-electron chi connectivity index (χ4n) is 2.06. The number of carboxylic acid groups (broad SMARTS) is 1. The highest BCUT2D eigenvalue weighted by molar-refractivity contribution is 6.43. The molecule has 10 heteroatoms. The molecule has 9 nitrogen and oxygen atoms in total. The summed E-state index contributed by atoms with van der Waals surface area (Å²) in [7, 11) is -1.92. The van der Waals surface area contributed by atoms with Crippen LogP contribution in [0.25, 0.3) is 0 Å². The molecule has 1 atom stereocenters. The number of carbonyl (C=O) groups is 2. The molecule has 0 bridgehead atoms. The van der Waals surface area contributed by atoms with Crippen LogP contribution < -0.4 is 5.32 Å². The first kappa shape index (κ1) is 17.4. The highest BCUT2D eigenvalue weighted by Gasteiger charge is 2.28. The number of nitrogens with one attached hydrogen (secondary N) is 1. The summed E-state index contributed by atoms with van der Waals surface area (Å²) in [5, 5.41) is 40.2. The Bertz CT molecular complexity index is 741. The normalized spacial score (nSPS) is 11.6. The zero-order valence-electron chi connectivity index (χ0n) is 12.3. The van der Waals surface area contributed by atoms with Gasteiger partial charge < -0.3 is 25.6 Å². The Morgan fingerprint density at radius 3 is 2.46 bits per heavy atom. The van der Waals surface area contributed by atoms with Crippen LogP contribution in [0, 0.1) is 0 Å². The number of para-hydroxylation sites is 1. The lowest BCUT2D eigenvalue weighted by molar-refractivity contribution is 0.0693. The summed E-state index contributed by atoms with van der Waals surface area (Å²) in [6.45, 7) is 0. The monoisotopic (exact) mass is 331 g/mol. The number of hydrogen-bond acceptors (Lipinski definition) is 7. The van der Waals surface area contributed by atoms with Gasteiger partial charge in [-0.3, -0.25) is 4.79 Å². The number of hydrogen-bond donors (Lipinski definition) is 5. The number of amides is 1. The standard InChI is InChI=1S/C14H14BN3O6/c19-12-8(2-1-3-10(12)14(21)22)4-11(15(23)24)18-13(20)9-5-16-7-17-6-9/h1-3,5-7,11,19,23-24H,4H2,(H,18,20)(H,21,22)/t11-/m0/s1. The van der Waals surface area contributed by atoms with Gasteiger partial charge in [0.25, 0.3) is 5.91 Å². The van der Waals surface area contributed by atoms with Gasteiger partial charge >= 0.3 is 13.1 Å². The molecule has 0 saturated carbocycles. The number of benzene rings is 1. The van der Waals surface area contributed by atoms with Crippen LogP contribution in [0.5, 0.6) is 5.75 Å². The van der Waals surface area contributed by atoms with Gasteiger partial charge in [-0.05, 0) is 18.1 Å². The highest BCUT2D eigenvalue weighted by Crippen LogP contribution is 2.24. The van der Waals surface area contributed by atoms with Crippen LogP contribution in [0.15, 0.2) is 36.9 Å².